The zero-order chi connectivity index (χ0) is 10.9. The molecule has 0 radical (unpaired) electrons. The van der Waals surface area contributed by atoms with Gasteiger partial charge in [0.2, 0.25) is 0 Å². The Kier molecular flexibility index (Phi) is 8.47. The van der Waals surface area contributed by atoms with E-state index in [1.54, 1.807) is 0 Å². The molecule has 0 aromatic carbocycles. The van der Waals surface area contributed by atoms with E-state index in [1.165, 1.54) is 0 Å². The molecule has 0 amide bonds. The average molecular weight is 220 g/mol. The number of rotatable bonds is 9. The van der Waals surface area contributed by atoms with E-state index in [1.807, 2.05) is 13.8 Å². The van der Waals surface area contributed by atoms with Crippen LogP contribution in [0, 0.1) is 0 Å². The Morgan fingerprint density at radius 3 is 1.71 bits per heavy atom. The maximum Gasteiger partial charge on any atom is 0.500 e. The molecule has 0 atom stereocenters. The molecule has 0 heterocycles. The SMILES string of the molecule is CCCO[Si](CCC)(OCC)OCC. The quantitative estimate of drug-likeness (QED) is 0.559. The first kappa shape index (κ1) is 14.1. The van der Waals surface area contributed by atoms with Gasteiger partial charge in [0.15, 0.2) is 0 Å². The summed E-state index contributed by atoms with van der Waals surface area (Å²) in [6.45, 7) is 10.3. The van der Waals surface area contributed by atoms with E-state index in [0.717, 1.165) is 25.5 Å². The van der Waals surface area contributed by atoms with Gasteiger partial charge in [-0.2, -0.15) is 0 Å². The lowest BCUT2D eigenvalue weighted by Crippen LogP contribution is -2.46. The van der Waals surface area contributed by atoms with Crippen molar-refractivity contribution in [2.45, 2.75) is 46.6 Å². The molecule has 0 aliphatic heterocycles. The molecule has 0 unspecified atom stereocenters. The smallest absolute Gasteiger partial charge is 0.374 e. The van der Waals surface area contributed by atoms with Crippen molar-refractivity contribution < 1.29 is 13.3 Å². The molecule has 86 valence electrons. The summed E-state index contributed by atoms with van der Waals surface area (Å²) in [4.78, 5) is 0. The van der Waals surface area contributed by atoms with Gasteiger partial charge in [0.1, 0.15) is 0 Å². The van der Waals surface area contributed by atoms with Crippen molar-refractivity contribution in [1.29, 1.82) is 0 Å². The van der Waals surface area contributed by atoms with Crippen LogP contribution in [0.5, 0.6) is 0 Å². The van der Waals surface area contributed by atoms with E-state index < -0.39 is 8.80 Å². The molecule has 0 rings (SSSR count). The molecule has 0 aliphatic rings. The van der Waals surface area contributed by atoms with Gasteiger partial charge in [-0.15, -0.1) is 0 Å². The van der Waals surface area contributed by atoms with Crippen LogP contribution in [-0.2, 0) is 13.3 Å². The molecule has 0 aromatic heterocycles. The second-order valence-electron chi connectivity index (χ2n) is 3.15. The molecule has 0 aliphatic carbocycles. The summed E-state index contributed by atoms with van der Waals surface area (Å²) in [6, 6.07) is 0.925. The predicted octanol–water partition coefficient (Wildman–Crippen LogP) is 2.83. The lowest BCUT2D eigenvalue weighted by Gasteiger charge is -2.28. The third-order valence-electron chi connectivity index (χ3n) is 1.81. The monoisotopic (exact) mass is 220 g/mol. The average Bonchev–Trinajstić information content (AvgIpc) is 2.16. The summed E-state index contributed by atoms with van der Waals surface area (Å²) in [7, 11) is -2.32. The molecule has 0 bridgehead atoms. The van der Waals surface area contributed by atoms with Crippen molar-refractivity contribution >= 4 is 8.80 Å². The summed E-state index contributed by atoms with van der Waals surface area (Å²) >= 11 is 0. The minimum absolute atomic E-state index is 0.677. The van der Waals surface area contributed by atoms with Crippen LogP contribution in [0.1, 0.15) is 40.5 Å². The van der Waals surface area contributed by atoms with Crippen molar-refractivity contribution in [2.24, 2.45) is 0 Å². The fourth-order valence-electron chi connectivity index (χ4n) is 1.35. The van der Waals surface area contributed by atoms with Crippen LogP contribution >= 0.6 is 0 Å². The third kappa shape index (κ3) is 5.10. The third-order valence-corrected chi connectivity index (χ3v) is 5.02. The largest absolute Gasteiger partial charge is 0.500 e. The topological polar surface area (TPSA) is 27.7 Å². The summed E-state index contributed by atoms with van der Waals surface area (Å²) in [5.41, 5.74) is 0. The zero-order valence-corrected chi connectivity index (χ0v) is 11.0. The second kappa shape index (κ2) is 8.41. The van der Waals surface area contributed by atoms with Gasteiger partial charge < -0.3 is 13.3 Å². The van der Waals surface area contributed by atoms with Crippen molar-refractivity contribution in [1.82, 2.24) is 0 Å². The van der Waals surface area contributed by atoms with Crippen LogP contribution < -0.4 is 0 Å². The van der Waals surface area contributed by atoms with Crippen LogP contribution in [0.3, 0.4) is 0 Å². The highest BCUT2D eigenvalue weighted by atomic mass is 28.4. The molecule has 0 spiro atoms. The fourth-order valence-corrected chi connectivity index (χ4v) is 4.04. The Labute approximate surface area is 89.1 Å². The van der Waals surface area contributed by atoms with Gasteiger partial charge in [-0.3, -0.25) is 0 Å². The molecule has 3 nitrogen and oxygen atoms in total. The lowest BCUT2D eigenvalue weighted by atomic mass is 10.5. The maximum atomic E-state index is 5.79. The van der Waals surface area contributed by atoms with Crippen LogP contribution in [0.2, 0.25) is 6.04 Å². The van der Waals surface area contributed by atoms with Crippen molar-refractivity contribution in [3.8, 4) is 0 Å². The Morgan fingerprint density at radius 2 is 1.36 bits per heavy atom. The predicted molar refractivity (Wildman–Crippen MR) is 60.3 cm³/mol. The molecular weight excluding hydrogens is 196 g/mol. The second-order valence-corrected chi connectivity index (χ2v) is 5.88. The van der Waals surface area contributed by atoms with Gasteiger partial charge in [0, 0.05) is 25.9 Å². The first-order chi connectivity index (χ1) is 6.74. The Hall–Kier alpha value is 0.0969. The van der Waals surface area contributed by atoms with Crippen molar-refractivity contribution in [3.63, 3.8) is 0 Å². The van der Waals surface area contributed by atoms with Crippen LogP contribution in [0.25, 0.3) is 0 Å². The van der Waals surface area contributed by atoms with Gasteiger partial charge in [0.05, 0.1) is 0 Å². The zero-order valence-electron chi connectivity index (χ0n) is 9.97. The van der Waals surface area contributed by atoms with Gasteiger partial charge in [0.25, 0.3) is 0 Å². The Bertz CT molecular complexity index is 114. The van der Waals surface area contributed by atoms with Crippen molar-refractivity contribution in [3.05, 3.63) is 0 Å². The van der Waals surface area contributed by atoms with Gasteiger partial charge in [-0.1, -0.05) is 20.3 Å². The van der Waals surface area contributed by atoms with E-state index in [-0.39, 0.29) is 0 Å². The normalized spacial score (nSPS) is 12.0. The fraction of sp³-hybridized carbons (Fsp3) is 1.00. The number of hydrogen-bond donors (Lipinski definition) is 0. The van der Waals surface area contributed by atoms with E-state index >= 15 is 0 Å². The summed E-state index contributed by atoms with van der Waals surface area (Å²) in [6.07, 6.45) is 2.06. The first-order valence-corrected chi connectivity index (χ1v) is 7.59. The van der Waals surface area contributed by atoms with Gasteiger partial charge in [-0.05, 0) is 20.3 Å². The Balaban J connectivity index is 4.21. The molecule has 0 aromatic rings. The summed E-state index contributed by atoms with van der Waals surface area (Å²) in [5.74, 6) is 0. The lowest BCUT2D eigenvalue weighted by molar-refractivity contribution is 0.0670. The number of hydrogen-bond acceptors (Lipinski definition) is 3. The van der Waals surface area contributed by atoms with Gasteiger partial charge in [-0.25, -0.2) is 0 Å². The van der Waals surface area contributed by atoms with Crippen molar-refractivity contribution in [2.75, 3.05) is 19.8 Å². The molecule has 14 heavy (non-hydrogen) atoms. The minimum Gasteiger partial charge on any atom is -0.374 e. The molecule has 0 saturated heterocycles. The highest BCUT2D eigenvalue weighted by molar-refractivity contribution is 6.60. The van der Waals surface area contributed by atoms with Crippen LogP contribution in [0.4, 0.5) is 0 Å². The van der Waals surface area contributed by atoms with Gasteiger partial charge >= 0.3 is 8.80 Å². The molecule has 0 fully saturated rings. The summed E-state index contributed by atoms with van der Waals surface area (Å²) in [5, 5.41) is 0. The Morgan fingerprint density at radius 1 is 0.786 bits per heavy atom. The molecular formula is C10H24O3Si. The van der Waals surface area contributed by atoms with E-state index in [9.17, 15) is 0 Å². The molecule has 4 heteroatoms. The maximum absolute atomic E-state index is 5.79. The highest BCUT2D eigenvalue weighted by Gasteiger charge is 2.39. The van der Waals surface area contributed by atoms with E-state index in [0.29, 0.717) is 13.2 Å². The summed E-state index contributed by atoms with van der Waals surface area (Å²) < 4.78 is 17.2. The van der Waals surface area contributed by atoms with Crippen LogP contribution in [0.15, 0.2) is 0 Å². The minimum atomic E-state index is -2.32. The first-order valence-electron chi connectivity index (χ1n) is 5.66. The standard InChI is InChI=1S/C10H24O3Si/c1-5-9-13-14(10-6-2,11-7-3)12-8-4/h5-10H2,1-4H3. The molecule has 0 N–H and O–H groups in total. The molecule has 0 saturated carbocycles. The van der Waals surface area contributed by atoms with Crippen LogP contribution in [-0.4, -0.2) is 28.6 Å². The van der Waals surface area contributed by atoms with E-state index in [4.69, 9.17) is 13.3 Å². The van der Waals surface area contributed by atoms with E-state index in [2.05, 4.69) is 13.8 Å². The highest BCUT2D eigenvalue weighted by Crippen LogP contribution is 2.17.